The number of Topliss-reactive ketones (excluding diaryl/α,β-unsaturated/α-hetero) is 1. The number of carbonyl (C=O) groups is 2. The molecule has 1 unspecified atom stereocenters. The zero-order chi connectivity index (χ0) is 19.0. The summed E-state index contributed by atoms with van der Waals surface area (Å²) < 4.78 is 13.3. The second-order valence-corrected chi connectivity index (χ2v) is 6.82. The molecule has 2 aromatic rings. The molecule has 0 fully saturated rings. The van der Waals surface area contributed by atoms with E-state index in [4.69, 9.17) is 11.6 Å². The Balaban J connectivity index is 2.17. The van der Waals surface area contributed by atoms with Gasteiger partial charge >= 0.3 is 0 Å². The van der Waals surface area contributed by atoms with E-state index in [0.717, 1.165) is 0 Å². The smallest absolute Gasteiger partial charge is 0.294 e. The van der Waals surface area contributed by atoms with Gasteiger partial charge in [-0.15, -0.1) is 0 Å². The molecule has 1 heterocycles. The number of hydrogen-bond acceptors (Lipinski definition) is 3. The Morgan fingerprint density at radius 2 is 1.69 bits per heavy atom. The SMILES string of the molecule is CC(C)C(=O)C1=C(O)C(=O)N(c2ccc(F)cc2)C1c1ccc(Cl)cc1. The standard InChI is InChI=1S/C20H17ClFNO3/c1-11(2)18(24)16-17(12-3-5-13(21)6-4-12)23(20(26)19(16)25)15-9-7-14(22)8-10-15/h3-11,17,25H,1-2H3. The van der Waals surface area contributed by atoms with Crippen LogP contribution in [0.3, 0.4) is 0 Å². The van der Waals surface area contributed by atoms with Gasteiger partial charge in [0.1, 0.15) is 5.82 Å². The number of anilines is 1. The van der Waals surface area contributed by atoms with Gasteiger partial charge in [-0.1, -0.05) is 37.6 Å². The van der Waals surface area contributed by atoms with E-state index < -0.39 is 29.4 Å². The molecule has 2 aromatic carbocycles. The van der Waals surface area contributed by atoms with Gasteiger partial charge in [0.05, 0.1) is 11.6 Å². The van der Waals surface area contributed by atoms with E-state index in [-0.39, 0.29) is 11.4 Å². The van der Waals surface area contributed by atoms with Crippen molar-refractivity contribution < 1.29 is 19.1 Å². The summed E-state index contributed by atoms with van der Waals surface area (Å²) in [6.07, 6.45) is 0. The Morgan fingerprint density at radius 3 is 2.23 bits per heavy atom. The predicted molar refractivity (Wildman–Crippen MR) is 97.6 cm³/mol. The van der Waals surface area contributed by atoms with Gasteiger partial charge < -0.3 is 5.11 Å². The van der Waals surface area contributed by atoms with Gasteiger partial charge in [-0.2, -0.15) is 0 Å². The van der Waals surface area contributed by atoms with Crippen molar-refractivity contribution in [1.82, 2.24) is 0 Å². The fraction of sp³-hybridized carbons (Fsp3) is 0.200. The van der Waals surface area contributed by atoms with Crippen molar-refractivity contribution in [2.24, 2.45) is 5.92 Å². The van der Waals surface area contributed by atoms with Crippen molar-refractivity contribution in [1.29, 1.82) is 0 Å². The van der Waals surface area contributed by atoms with Gasteiger partial charge in [-0.3, -0.25) is 14.5 Å². The molecule has 6 heteroatoms. The predicted octanol–water partition coefficient (Wildman–Crippen LogP) is 4.60. The third-order valence-electron chi connectivity index (χ3n) is 4.29. The Bertz CT molecular complexity index is 888. The topological polar surface area (TPSA) is 57.6 Å². The van der Waals surface area contributed by atoms with Gasteiger partial charge in [0.25, 0.3) is 5.91 Å². The van der Waals surface area contributed by atoms with Crippen molar-refractivity contribution in [2.75, 3.05) is 4.90 Å². The van der Waals surface area contributed by atoms with Crippen molar-refractivity contribution in [3.63, 3.8) is 0 Å². The zero-order valence-electron chi connectivity index (χ0n) is 14.2. The van der Waals surface area contributed by atoms with Crippen LogP contribution in [0.4, 0.5) is 10.1 Å². The minimum absolute atomic E-state index is 0.0386. The van der Waals surface area contributed by atoms with Crippen LogP contribution in [0.15, 0.2) is 59.9 Å². The van der Waals surface area contributed by atoms with Crippen LogP contribution in [0.25, 0.3) is 0 Å². The molecule has 0 spiro atoms. The maximum Gasteiger partial charge on any atom is 0.294 e. The number of halogens is 2. The van der Waals surface area contributed by atoms with Gasteiger partial charge in [0.15, 0.2) is 11.5 Å². The van der Waals surface area contributed by atoms with Gasteiger partial charge in [-0.05, 0) is 42.0 Å². The van der Waals surface area contributed by atoms with E-state index in [0.29, 0.717) is 16.3 Å². The quantitative estimate of drug-likeness (QED) is 0.851. The zero-order valence-corrected chi connectivity index (χ0v) is 15.0. The second-order valence-electron chi connectivity index (χ2n) is 6.39. The first-order valence-electron chi connectivity index (χ1n) is 8.13. The summed E-state index contributed by atoms with van der Waals surface area (Å²) in [5.41, 5.74) is 1.05. The van der Waals surface area contributed by atoms with E-state index >= 15 is 0 Å². The van der Waals surface area contributed by atoms with Crippen molar-refractivity contribution in [2.45, 2.75) is 19.9 Å². The molecule has 0 aliphatic carbocycles. The molecule has 0 bridgehead atoms. The maximum atomic E-state index is 13.3. The lowest BCUT2D eigenvalue weighted by atomic mass is 9.91. The van der Waals surface area contributed by atoms with Crippen LogP contribution >= 0.6 is 11.6 Å². The highest BCUT2D eigenvalue weighted by molar-refractivity contribution is 6.30. The van der Waals surface area contributed by atoms with Gasteiger partial charge in [0.2, 0.25) is 0 Å². The summed E-state index contributed by atoms with van der Waals surface area (Å²) in [5, 5.41) is 10.9. The first-order chi connectivity index (χ1) is 12.3. The molecule has 3 rings (SSSR count). The largest absolute Gasteiger partial charge is 0.503 e. The molecule has 1 amide bonds. The van der Waals surface area contributed by atoms with Gasteiger partial charge in [-0.25, -0.2) is 4.39 Å². The minimum Gasteiger partial charge on any atom is -0.503 e. The lowest BCUT2D eigenvalue weighted by Crippen LogP contribution is -2.31. The number of hydrogen-bond donors (Lipinski definition) is 1. The maximum absolute atomic E-state index is 13.3. The Morgan fingerprint density at radius 1 is 1.12 bits per heavy atom. The number of amides is 1. The molecule has 26 heavy (non-hydrogen) atoms. The molecule has 1 N–H and O–H groups in total. The lowest BCUT2D eigenvalue weighted by Gasteiger charge is -2.27. The number of aliphatic hydroxyl groups is 1. The van der Waals surface area contributed by atoms with Crippen molar-refractivity contribution in [3.8, 4) is 0 Å². The summed E-state index contributed by atoms with van der Waals surface area (Å²) in [6.45, 7) is 3.40. The fourth-order valence-corrected chi connectivity index (χ4v) is 3.12. The van der Waals surface area contributed by atoms with Crippen LogP contribution in [0, 0.1) is 11.7 Å². The first-order valence-corrected chi connectivity index (χ1v) is 8.51. The molecule has 0 saturated heterocycles. The van der Waals surface area contributed by atoms with E-state index in [2.05, 4.69) is 0 Å². The third-order valence-corrected chi connectivity index (χ3v) is 4.54. The number of nitrogens with zero attached hydrogens (tertiary/aromatic N) is 1. The molecule has 1 atom stereocenters. The van der Waals surface area contributed by atoms with Crippen LogP contribution in [0.2, 0.25) is 5.02 Å². The van der Waals surface area contributed by atoms with E-state index in [1.54, 1.807) is 38.1 Å². The highest BCUT2D eigenvalue weighted by Crippen LogP contribution is 2.41. The summed E-state index contributed by atoms with van der Waals surface area (Å²) >= 11 is 5.95. The monoisotopic (exact) mass is 373 g/mol. The average Bonchev–Trinajstić information content (AvgIpc) is 2.87. The number of aliphatic hydroxyl groups excluding tert-OH is 1. The Kier molecular flexibility index (Phi) is 4.83. The summed E-state index contributed by atoms with van der Waals surface area (Å²) in [4.78, 5) is 26.7. The number of carbonyl (C=O) groups excluding carboxylic acids is 2. The highest BCUT2D eigenvalue weighted by atomic mass is 35.5. The summed E-state index contributed by atoms with van der Waals surface area (Å²) in [7, 11) is 0. The van der Waals surface area contributed by atoms with Crippen LogP contribution in [-0.4, -0.2) is 16.8 Å². The fourth-order valence-electron chi connectivity index (χ4n) is 3.00. The normalized spacial score (nSPS) is 17.3. The minimum atomic E-state index is -0.805. The molecular formula is C20H17ClFNO3. The third kappa shape index (κ3) is 3.10. The molecule has 4 nitrogen and oxygen atoms in total. The highest BCUT2D eigenvalue weighted by Gasteiger charge is 2.44. The van der Waals surface area contributed by atoms with E-state index in [9.17, 15) is 19.1 Å². The van der Waals surface area contributed by atoms with Crippen LogP contribution in [0.1, 0.15) is 25.5 Å². The lowest BCUT2D eigenvalue weighted by molar-refractivity contribution is -0.119. The first kappa shape index (κ1) is 18.1. The Hall–Kier alpha value is -2.66. The Labute approximate surface area is 155 Å². The number of rotatable bonds is 4. The molecule has 134 valence electrons. The number of ketones is 1. The molecule has 1 aliphatic rings. The number of benzene rings is 2. The molecular weight excluding hydrogens is 357 g/mol. The second kappa shape index (κ2) is 6.92. The summed E-state index contributed by atoms with van der Waals surface area (Å²) in [6, 6.07) is 11.2. The van der Waals surface area contributed by atoms with Crippen LogP contribution in [0.5, 0.6) is 0 Å². The van der Waals surface area contributed by atoms with Crippen molar-refractivity contribution in [3.05, 3.63) is 76.3 Å². The van der Waals surface area contributed by atoms with Crippen LogP contribution in [-0.2, 0) is 9.59 Å². The molecule has 0 aromatic heterocycles. The molecule has 1 aliphatic heterocycles. The average molecular weight is 374 g/mol. The molecule has 0 radical (unpaired) electrons. The van der Waals surface area contributed by atoms with Crippen molar-refractivity contribution >= 4 is 29.0 Å². The van der Waals surface area contributed by atoms with Crippen LogP contribution < -0.4 is 4.90 Å². The van der Waals surface area contributed by atoms with E-state index in [1.165, 1.54) is 29.2 Å². The van der Waals surface area contributed by atoms with Gasteiger partial charge in [0, 0.05) is 16.6 Å². The molecule has 0 saturated carbocycles. The van der Waals surface area contributed by atoms with E-state index in [1.807, 2.05) is 0 Å². The summed E-state index contributed by atoms with van der Waals surface area (Å²) in [5.74, 6) is -2.43.